The number of nitrogens with zero attached hydrogens (tertiary/aromatic N) is 1. The third-order valence-corrected chi connectivity index (χ3v) is 6.36. The minimum Gasteiger partial charge on any atom is -0.326 e. The van der Waals surface area contributed by atoms with Crippen LogP contribution in [0.2, 0.25) is 0 Å². The van der Waals surface area contributed by atoms with Crippen LogP contribution in [0.25, 0.3) is 0 Å². The zero-order valence-corrected chi connectivity index (χ0v) is 14.0. The maximum atomic E-state index is 13.2. The Morgan fingerprint density at radius 3 is 2.48 bits per heavy atom. The second-order valence-corrected chi connectivity index (χ2v) is 9.06. The molecule has 2 atom stereocenters. The van der Waals surface area contributed by atoms with Crippen molar-refractivity contribution in [1.29, 1.82) is 5.26 Å². The molecular formula is C20H24N2O. The zero-order chi connectivity index (χ0) is 16.3. The fourth-order valence-corrected chi connectivity index (χ4v) is 6.63. The molecule has 1 amide bonds. The van der Waals surface area contributed by atoms with E-state index in [0.29, 0.717) is 22.3 Å². The summed E-state index contributed by atoms with van der Waals surface area (Å²) in [6, 6.07) is 9.38. The lowest BCUT2D eigenvalue weighted by Gasteiger charge is -2.64. The first-order valence-electron chi connectivity index (χ1n) is 8.66. The summed E-state index contributed by atoms with van der Waals surface area (Å²) in [6.07, 6.45) is 6.95. The van der Waals surface area contributed by atoms with Crippen LogP contribution in [0.15, 0.2) is 24.3 Å². The summed E-state index contributed by atoms with van der Waals surface area (Å²) in [4.78, 5) is 13.2. The summed E-state index contributed by atoms with van der Waals surface area (Å²) in [6.45, 7) is 4.77. The van der Waals surface area contributed by atoms with Gasteiger partial charge in [0.05, 0.1) is 17.0 Å². The van der Waals surface area contributed by atoms with Crippen LogP contribution in [0, 0.1) is 33.5 Å². The van der Waals surface area contributed by atoms with E-state index in [9.17, 15) is 4.79 Å². The molecule has 0 spiro atoms. The van der Waals surface area contributed by atoms with Crippen LogP contribution in [0.1, 0.15) is 57.9 Å². The summed E-state index contributed by atoms with van der Waals surface area (Å²) in [5.41, 5.74) is 1.80. The average molecular weight is 308 g/mol. The van der Waals surface area contributed by atoms with Crippen molar-refractivity contribution in [3.05, 3.63) is 29.8 Å². The monoisotopic (exact) mass is 308 g/mol. The van der Waals surface area contributed by atoms with Gasteiger partial charge in [-0.1, -0.05) is 19.9 Å². The molecule has 0 saturated heterocycles. The van der Waals surface area contributed by atoms with Gasteiger partial charge in [-0.2, -0.15) is 5.26 Å². The fourth-order valence-electron chi connectivity index (χ4n) is 6.63. The lowest BCUT2D eigenvalue weighted by molar-refractivity contribution is -0.165. The van der Waals surface area contributed by atoms with Crippen molar-refractivity contribution >= 4 is 11.6 Å². The fraction of sp³-hybridized carbons (Fsp3) is 0.600. The first-order chi connectivity index (χ1) is 10.8. The number of hydrogen-bond donors (Lipinski definition) is 1. The van der Waals surface area contributed by atoms with Crippen LogP contribution in [0.3, 0.4) is 0 Å². The number of hydrogen-bond acceptors (Lipinski definition) is 2. The number of nitriles is 1. The van der Waals surface area contributed by atoms with Crippen molar-refractivity contribution < 1.29 is 4.79 Å². The van der Waals surface area contributed by atoms with Crippen molar-refractivity contribution in [3.63, 3.8) is 0 Å². The van der Waals surface area contributed by atoms with Crippen molar-refractivity contribution in [1.82, 2.24) is 0 Å². The zero-order valence-electron chi connectivity index (χ0n) is 14.0. The van der Waals surface area contributed by atoms with E-state index < -0.39 is 0 Å². The third kappa shape index (κ3) is 2.36. The van der Waals surface area contributed by atoms with E-state index in [0.717, 1.165) is 24.9 Å². The van der Waals surface area contributed by atoms with E-state index in [-0.39, 0.29) is 11.3 Å². The molecule has 1 N–H and O–H groups in total. The van der Waals surface area contributed by atoms with Gasteiger partial charge in [-0.3, -0.25) is 4.79 Å². The quantitative estimate of drug-likeness (QED) is 0.875. The van der Waals surface area contributed by atoms with E-state index in [4.69, 9.17) is 5.26 Å². The largest absolute Gasteiger partial charge is 0.326 e. The molecule has 2 unspecified atom stereocenters. The molecule has 0 aliphatic heterocycles. The number of amides is 1. The molecule has 1 aromatic rings. The molecule has 3 heteroatoms. The van der Waals surface area contributed by atoms with Crippen LogP contribution < -0.4 is 5.32 Å². The number of rotatable bonds is 2. The highest BCUT2D eigenvalue weighted by Crippen LogP contribution is 2.69. The Bertz CT molecular complexity index is 699. The van der Waals surface area contributed by atoms with Crippen LogP contribution in [0.4, 0.5) is 5.69 Å². The molecule has 3 nitrogen and oxygen atoms in total. The summed E-state index contributed by atoms with van der Waals surface area (Å²) in [5.74, 6) is 0.881. The third-order valence-electron chi connectivity index (χ3n) is 6.36. The molecule has 120 valence electrons. The first kappa shape index (κ1) is 14.8. The maximum absolute atomic E-state index is 13.2. The molecule has 0 heterocycles. The number of nitrogens with one attached hydrogen (secondary N) is 1. The smallest absolute Gasteiger partial charge is 0.230 e. The number of benzene rings is 1. The van der Waals surface area contributed by atoms with E-state index in [2.05, 4.69) is 25.2 Å². The van der Waals surface area contributed by atoms with E-state index in [1.165, 1.54) is 19.3 Å². The second-order valence-electron chi connectivity index (χ2n) is 9.06. The summed E-state index contributed by atoms with van der Waals surface area (Å²) in [5, 5.41) is 12.1. The van der Waals surface area contributed by atoms with Gasteiger partial charge in [-0.15, -0.1) is 0 Å². The maximum Gasteiger partial charge on any atom is 0.230 e. The van der Waals surface area contributed by atoms with Crippen LogP contribution >= 0.6 is 0 Å². The second kappa shape index (κ2) is 4.60. The molecule has 4 saturated carbocycles. The van der Waals surface area contributed by atoms with E-state index >= 15 is 0 Å². The molecule has 1 aromatic carbocycles. The molecule has 4 aliphatic rings. The normalized spacial score (nSPS) is 40.7. The van der Waals surface area contributed by atoms with Gasteiger partial charge in [0.2, 0.25) is 5.91 Å². The predicted octanol–water partition coefficient (Wildman–Crippen LogP) is 4.49. The van der Waals surface area contributed by atoms with Gasteiger partial charge < -0.3 is 5.32 Å². The van der Waals surface area contributed by atoms with Crippen LogP contribution in [-0.4, -0.2) is 5.91 Å². The summed E-state index contributed by atoms with van der Waals surface area (Å²) >= 11 is 0. The Hall–Kier alpha value is -1.82. The molecule has 0 aromatic heterocycles. The van der Waals surface area contributed by atoms with E-state index in [1.54, 1.807) is 12.1 Å². The highest BCUT2D eigenvalue weighted by atomic mass is 16.2. The van der Waals surface area contributed by atoms with Gasteiger partial charge in [0.1, 0.15) is 0 Å². The molecule has 4 fully saturated rings. The summed E-state index contributed by atoms with van der Waals surface area (Å²) < 4.78 is 0. The number of carbonyl (C=O) groups excluding carboxylic acids is 1. The minimum absolute atomic E-state index is 0.175. The Kier molecular flexibility index (Phi) is 2.95. The van der Waals surface area contributed by atoms with Gasteiger partial charge >= 0.3 is 0 Å². The van der Waals surface area contributed by atoms with Gasteiger partial charge in [-0.05, 0) is 73.5 Å². The van der Waals surface area contributed by atoms with Gasteiger partial charge in [-0.25, -0.2) is 0 Å². The number of carbonyl (C=O) groups is 1. The van der Waals surface area contributed by atoms with Crippen molar-refractivity contribution in [2.75, 3.05) is 5.32 Å². The molecule has 4 aliphatic carbocycles. The predicted molar refractivity (Wildman–Crippen MR) is 89.6 cm³/mol. The van der Waals surface area contributed by atoms with E-state index in [1.807, 2.05) is 12.1 Å². The Labute approximate surface area is 138 Å². The Balaban J connectivity index is 1.62. The standard InChI is InChI=1S/C20H24N2O/c1-18-7-15-8-19(2,11-18)13-20(9-15,12-18)17(23)22-16-5-3-4-14(6-16)10-21/h3-6,15H,7-9,11-13H2,1-2H3,(H,22,23). The molecule has 4 bridgehead atoms. The topological polar surface area (TPSA) is 52.9 Å². The lowest BCUT2D eigenvalue weighted by atomic mass is 9.40. The molecule has 23 heavy (non-hydrogen) atoms. The van der Waals surface area contributed by atoms with Gasteiger partial charge in [0, 0.05) is 5.69 Å². The van der Waals surface area contributed by atoms with Crippen molar-refractivity contribution in [2.45, 2.75) is 52.4 Å². The first-order valence-corrected chi connectivity index (χ1v) is 8.66. The molecular weight excluding hydrogens is 284 g/mol. The van der Waals surface area contributed by atoms with Gasteiger partial charge in [0.25, 0.3) is 0 Å². The minimum atomic E-state index is -0.203. The van der Waals surface area contributed by atoms with Gasteiger partial charge in [0.15, 0.2) is 0 Å². The number of anilines is 1. The molecule has 5 rings (SSSR count). The molecule has 0 radical (unpaired) electrons. The van der Waals surface area contributed by atoms with Crippen LogP contribution in [0.5, 0.6) is 0 Å². The average Bonchev–Trinajstić information content (AvgIpc) is 2.43. The lowest BCUT2D eigenvalue weighted by Crippen LogP contribution is -2.58. The Morgan fingerprint density at radius 1 is 1.17 bits per heavy atom. The highest BCUT2D eigenvalue weighted by Gasteiger charge is 2.62. The SMILES string of the molecule is CC12CC3CC(C)(C1)CC(C(=O)Nc1cccc(C#N)c1)(C3)C2. The van der Waals surface area contributed by atoms with Crippen molar-refractivity contribution in [3.8, 4) is 6.07 Å². The van der Waals surface area contributed by atoms with Crippen LogP contribution in [-0.2, 0) is 4.79 Å². The van der Waals surface area contributed by atoms with Crippen molar-refractivity contribution in [2.24, 2.45) is 22.2 Å². The summed E-state index contributed by atoms with van der Waals surface area (Å²) in [7, 11) is 0. The highest BCUT2D eigenvalue weighted by molar-refractivity contribution is 5.96. The Morgan fingerprint density at radius 2 is 1.87 bits per heavy atom.